The van der Waals surface area contributed by atoms with Crippen molar-refractivity contribution in [2.75, 3.05) is 31.8 Å². The van der Waals surface area contributed by atoms with Crippen LogP contribution in [0.15, 0.2) is 47.6 Å². The van der Waals surface area contributed by atoms with Gasteiger partial charge < -0.3 is 19.7 Å². The molecule has 1 atom stereocenters. The van der Waals surface area contributed by atoms with Gasteiger partial charge in [0, 0.05) is 36.5 Å². The van der Waals surface area contributed by atoms with Crippen LogP contribution in [0.5, 0.6) is 11.5 Å². The van der Waals surface area contributed by atoms with Crippen LogP contribution in [0.4, 0.5) is 5.69 Å². The third-order valence-corrected chi connectivity index (χ3v) is 6.65. The van der Waals surface area contributed by atoms with Crippen LogP contribution in [0.3, 0.4) is 0 Å². The summed E-state index contributed by atoms with van der Waals surface area (Å²) in [5, 5.41) is 14.5. The van der Waals surface area contributed by atoms with E-state index in [1.807, 2.05) is 23.1 Å². The zero-order valence-corrected chi connectivity index (χ0v) is 20.0. The van der Waals surface area contributed by atoms with Gasteiger partial charge in [-0.2, -0.15) is 0 Å². The molecule has 1 N–H and O–H groups in total. The third-order valence-electron chi connectivity index (χ3n) is 5.64. The number of benzene rings is 2. The van der Waals surface area contributed by atoms with Crippen molar-refractivity contribution < 1.29 is 19.1 Å². The predicted octanol–water partition coefficient (Wildman–Crippen LogP) is 2.94. The first-order valence-electron chi connectivity index (χ1n) is 10.8. The van der Waals surface area contributed by atoms with E-state index in [-0.39, 0.29) is 23.6 Å². The Labute approximate surface area is 201 Å². The average molecular weight is 483 g/mol. The fourth-order valence-electron chi connectivity index (χ4n) is 3.96. The van der Waals surface area contributed by atoms with E-state index < -0.39 is 0 Å². The summed E-state index contributed by atoms with van der Waals surface area (Å²) in [5.41, 5.74) is 2.15. The highest BCUT2D eigenvalue weighted by molar-refractivity contribution is 7.99. The Balaban J connectivity index is 1.41. The van der Waals surface area contributed by atoms with E-state index in [9.17, 15) is 9.59 Å². The number of nitrogens with one attached hydrogen (secondary N) is 1. The zero-order chi connectivity index (χ0) is 24.1. The molecular weight excluding hydrogens is 456 g/mol. The first-order chi connectivity index (χ1) is 16.5. The van der Waals surface area contributed by atoms with Crippen LogP contribution in [0.2, 0.25) is 0 Å². The molecule has 1 aliphatic heterocycles. The monoisotopic (exact) mass is 482 g/mol. The molecule has 1 fully saturated rings. The maximum absolute atomic E-state index is 13.3. The van der Waals surface area contributed by atoms with Gasteiger partial charge in [0.15, 0.2) is 0 Å². The van der Waals surface area contributed by atoms with Crippen molar-refractivity contribution >= 4 is 29.3 Å². The van der Waals surface area contributed by atoms with Gasteiger partial charge in [-0.15, -0.1) is 5.10 Å². The summed E-state index contributed by atoms with van der Waals surface area (Å²) in [5.74, 6) is 1.35. The number of aromatic nitrogens is 4. The Bertz CT molecular complexity index is 1170. The molecule has 10 nitrogen and oxygen atoms in total. The van der Waals surface area contributed by atoms with Crippen molar-refractivity contribution in [2.45, 2.75) is 24.0 Å². The van der Waals surface area contributed by atoms with E-state index in [0.717, 1.165) is 18.4 Å². The van der Waals surface area contributed by atoms with Gasteiger partial charge in [0.1, 0.15) is 11.5 Å². The van der Waals surface area contributed by atoms with Crippen LogP contribution >= 0.6 is 11.8 Å². The molecule has 2 heterocycles. The molecule has 1 aliphatic rings. The smallest absolute Gasteiger partial charge is 0.254 e. The number of nitrogens with zero attached hydrogens (tertiary/aromatic N) is 5. The third kappa shape index (κ3) is 5.14. The van der Waals surface area contributed by atoms with Gasteiger partial charge in [-0.1, -0.05) is 11.8 Å². The molecule has 1 aromatic heterocycles. The normalized spacial score (nSPS) is 15.3. The predicted molar refractivity (Wildman–Crippen MR) is 127 cm³/mol. The van der Waals surface area contributed by atoms with E-state index in [2.05, 4.69) is 20.8 Å². The molecule has 0 radical (unpaired) electrons. The molecule has 0 bridgehead atoms. The fraction of sp³-hybridized carbons (Fsp3) is 0.348. The topological polar surface area (TPSA) is 111 Å². The maximum atomic E-state index is 13.3. The van der Waals surface area contributed by atoms with E-state index in [0.29, 0.717) is 34.5 Å². The maximum Gasteiger partial charge on any atom is 0.254 e. The second-order valence-electron chi connectivity index (χ2n) is 7.76. The molecular formula is C23H26N6O4S. The van der Waals surface area contributed by atoms with Crippen molar-refractivity contribution in [2.24, 2.45) is 7.05 Å². The number of hydrogen-bond acceptors (Lipinski definition) is 8. The number of aryl methyl sites for hydroxylation is 1. The summed E-state index contributed by atoms with van der Waals surface area (Å²) in [6.07, 6.45) is 1.78. The lowest BCUT2D eigenvalue weighted by Crippen LogP contribution is -2.30. The van der Waals surface area contributed by atoms with Gasteiger partial charge in [-0.3, -0.25) is 9.59 Å². The number of carbonyl (C=O) groups is 2. The average Bonchev–Trinajstić information content (AvgIpc) is 3.51. The Morgan fingerprint density at radius 1 is 1.15 bits per heavy atom. The summed E-state index contributed by atoms with van der Waals surface area (Å²) < 4.78 is 12.4. The number of amides is 2. The number of ether oxygens (including phenoxy) is 2. The van der Waals surface area contributed by atoms with Crippen LogP contribution in [0.25, 0.3) is 0 Å². The zero-order valence-electron chi connectivity index (χ0n) is 19.2. The van der Waals surface area contributed by atoms with E-state index >= 15 is 0 Å². The van der Waals surface area contributed by atoms with Crippen LogP contribution in [-0.4, -0.2) is 63.4 Å². The minimum atomic E-state index is -0.182. The van der Waals surface area contributed by atoms with Crippen LogP contribution in [0, 0.1) is 0 Å². The first-order valence-corrected chi connectivity index (χ1v) is 11.8. The highest BCUT2D eigenvalue weighted by Crippen LogP contribution is 2.39. The molecule has 178 valence electrons. The van der Waals surface area contributed by atoms with Gasteiger partial charge in [-0.05, 0) is 59.7 Å². The largest absolute Gasteiger partial charge is 0.497 e. The van der Waals surface area contributed by atoms with Gasteiger partial charge >= 0.3 is 0 Å². The van der Waals surface area contributed by atoms with Gasteiger partial charge in [-0.25, -0.2) is 4.68 Å². The summed E-state index contributed by atoms with van der Waals surface area (Å²) in [7, 11) is 4.95. The van der Waals surface area contributed by atoms with Crippen molar-refractivity contribution in [3.8, 4) is 11.5 Å². The Morgan fingerprint density at radius 2 is 1.94 bits per heavy atom. The molecule has 0 saturated carbocycles. The summed E-state index contributed by atoms with van der Waals surface area (Å²) >= 11 is 1.25. The molecule has 11 heteroatoms. The lowest BCUT2D eigenvalue weighted by atomic mass is 10.0. The number of methoxy groups -OCH3 is 2. The minimum Gasteiger partial charge on any atom is -0.497 e. The van der Waals surface area contributed by atoms with Crippen molar-refractivity contribution in [1.29, 1.82) is 0 Å². The first kappa shape index (κ1) is 23.6. The quantitative estimate of drug-likeness (QED) is 0.488. The highest BCUT2D eigenvalue weighted by atomic mass is 32.2. The Kier molecular flexibility index (Phi) is 7.31. The molecule has 3 aromatic rings. The highest BCUT2D eigenvalue weighted by Gasteiger charge is 2.32. The summed E-state index contributed by atoms with van der Waals surface area (Å²) in [4.78, 5) is 27.4. The molecule has 4 rings (SSSR count). The molecule has 34 heavy (non-hydrogen) atoms. The number of likely N-dealkylation sites (tertiary alicyclic amines) is 1. The van der Waals surface area contributed by atoms with Crippen molar-refractivity contribution in [3.05, 3.63) is 53.6 Å². The fourth-order valence-corrected chi connectivity index (χ4v) is 4.61. The number of rotatable bonds is 8. The molecule has 1 saturated heterocycles. The van der Waals surface area contributed by atoms with Crippen LogP contribution < -0.4 is 14.8 Å². The van der Waals surface area contributed by atoms with E-state index in [1.54, 1.807) is 45.5 Å². The molecule has 2 aromatic carbocycles. The van der Waals surface area contributed by atoms with Crippen LogP contribution in [0.1, 0.15) is 34.8 Å². The molecule has 0 spiro atoms. The van der Waals surface area contributed by atoms with Crippen molar-refractivity contribution in [3.63, 3.8) is 0 Å². The molecule has 0 aliphatic carbocycles. The summed E-state index contributed by atoms with van der Waals surface area (Å²) in [6.45, 7) is 0.672. The number of thioether (sulfide) groups is 1. The van der Waals surface area contributed by atoms with Gasteiger partial charge in [0.25, 0.3) is 5.91 Å². The lowest BCUT2D eigenvalue weighted by Gasteiger charge is -2.26. The SMILES string of the molecule is COc1ccc(C2CCCN2C(=O)c2ccc(NC(=O)CSc3nnnn3C)cc2)c(OC)c1. The number of anilines is 1. The second kappa shape index (κ2) is 10.6. The van der Waals surface area contributed by atoms with Crippen molar-refractivity contribution in [1.82, 2.24) is 25.1 Å². The Morgan fingerprint density at radius 3 is 2.62 bits per heavy atom. The lowest BCUT2D eigenvalue weighted by molar-refractivity contribution is -0.113. The molecule has 2 amide bonds. The van der Waals surface area contributed by atoms with Gasteiger partial charge in [0.05, 0.1) is 26.0 Å². The van der Waals surface area contributed by atoms with Gasteiger partial charge in [0.2, 0.25) is 11.1 Å². The molecule has 1 unspecified atom stereocenters. The van der Waals surface area contributed by atoms with E-state index in [4.69, 9.17) is 9.47 Å². The summed E-state index contributed by atoms with van der Waals surface area (Å²) in [6, 6.07) is 12.6. The number of carbonyl (C=O) groups excluding carboxylic acids is 2. The second-order valence-corrected chi connectivity index (χ2v) is 8.71. The van der Waals surface area contributed by atoms with E-state index in [1.165, 1.54) is 16.4 Å². The number of tetrazole rings is 1. The number of hydrogen-bond donors (Lipinski definition) is 1. The minimum absolute atomic E-state index is 0.0522. The standard InChI is InChI=1S/C23H26N6O4S/c1-28-23(25-26-27-28)34-14-21(30)24-16-8-6-15(7-9-16)22(31)29-12-4-5-19(29)18-11-10-17(32-2)13-20(18)33-3/h6-11,13,19H,4-5,12,14H2,1-3H3,(H,24,30). The Hall–Kier alpha value is -3.60. The van der Waals surface area contributed by atoms with Crippen LogP contribution in [-0.2, 0) is 11.8 Å².